The topological polar surface area (TPSA) is 72.1 Å². The number of carbonyl (C=O) groups excluding carboxylic acids is 1. The predicted molar refractivity (Wildman–Crippen MR) is 51.1 cm³/mol. The van der Waals surface area contributed by atoms with Gasteiger partial charge in [0, 0.05) is 12.5 Å². The number of fused-ring (bicyclic) bond motifs is 1. The Morgan fingerprint density at radius 2 is 2.36 bits per heavy atom. The van der Waals surface area contributed by atoms with Crippen molar-refractivity contribution in [2.24, 2.45) is 0 Å². The highest BCUT2D eigenvalue weighted by Crippen LogP contribution is 2.33. The Balaban J connectivity index is 2.45. The highest BCUT2D eigenvalue weighted by molar-refractivity contribution is 5.75. The SMILES string of the molecule is CC(=O)N1Cc2c(N)ncnc2[C@H]1C. The average molecular weight is 192 g/mol. The number of hydrogen-bond donors (Lipinski definition) is 1. The zero-order chi connectivity index (χ0) is 10.3. The number of nitrogen functional groups attached to an aromatic ring is 1. The quantitative estimate of drug-likeness (QED) is 0.649. The van der Waals surface area contributed by atoms with Crippen LogP contribution in [0.15, 0.2) is 6.33 Å². The summed E-state index contributed by atoms with van der Waals surface area (Å²) in [6, 6.07) is 0.00722. The van der Waals surface area contributed by atoms with Crippen LogP contribution in [0.2, 0.25) is 0 Å². The van der Waals surface area contributed by atoms with Gasteiger partial charge in [0.2, 0.25) is 5.91 Å². The minimum Gasteiger partial charge on any atom is -0.383 e. The summed E-state index contributed by atoms with van der Waals surface area (Å²) in [4.78, 5) is 21.1. The maximum absolute atomic E-state index is 11.3. The number of carbonyl (C=O) groups is 1. The van der Waals surface area contributed by atoms with Crippen LogP contribution in [0.4, 0.5) is 5.82 Å². The Morgan fingerprint density at radius 1 is 1.64 bits per heavy atom. The highest BCUT2D eigenvalue weighted by atomic mass is 16.2. The van der Waals surface area contributed by atoms with Crippen LogP contribution in [-0.2, 0) is 11.3 Å². The van der Waals surface area contributed by atoms with E-state index in [1.165, 1.54) is 6.33 Å². The second-order valence-corrected chi connectivity index (χ2v) is 3.45. The molecule has 0 unspecified atom stereocenters. The van der Waals surface area contributed by atoms with Crippen LogP contribution < -0.4 is 5.73 Å². The molecule has 0 radical (unpaired) electrons. The molecule has 2 N–H and O–H groups in total. The Kier molecular flexibility index (Phi) is 1.87. The number of amides is 1. The molecule has 0 bridgehead atoms. The van der Waals surface area contributed by atoms with Crippen LogP contribution in [0, 0.1) is 0 Å². The van der Waals surface area contributed by atoms with Crippen molar-refractivity contribution >= 4 is 11.7 Å². The second kappa shape index (κ2) is 2.94. The minimum absolute atomic E-state index is 0.00722. The molecular formula is C9H12N4O. The van der Waals surface area contributed by atoms with Crippen molar-refractivity contribution in [1.29, 1.82) is 0 Å². The molecule has 1 atom stereocenters. The fourth-order valence-electron chi connectivity index (χ4n) is 1.80. The summed E-state index contributed by atoms with van der Waals surface area (Å²) in [5.41, 5.74) is 7.46. The average Bonchev–Trinajstić information content (AvgIpc) is 2.46. The van der Waals surface area contributed by atoms with Gasteiger partial charge >= 0.3 is 0 Å². The van der Waals surface area contributed by atoms with Gasteiger partial charge in [0.25, 0.3) is 0 Å². The molecule has 0 spiro atoms. The van der Waals surface area contributed by atoms with E-state index in [9.17, 15) is 4.79 Å². The van der Waals surface area contributed by atoms with E-state index in [-0.39, 0.29) is 11.9 Å². The number of rotatable bonds is 0. The molecule has 1 aliphatic heterocycles. The van der Waals surface area contributed by atoms with Crippen molar-refractivity contribution in [3.05, 3.63) is 17.6 Å². The van der Waals surface area contributed by atoms with Crippen LogP contribution in [0.1, 0.15) is 31.1 Å². The first-order valence-electron chi connectivity index (χ1n) is 4.47. The molecule has 1 aromatic rings. The lowest BCUT2D eigenvalue weighted by Gasteiger charge is -2.18. The lowest BCUT2D eigenvalue weighted by atomic mass is 10.2. The third kappa shape index (κ3) is 1.13. The van der Waals surface area contributed by atoms with Crippen molar-refractivity contribution in [3.8, 4) is 0 Å². The molecule has 74 valence electrons. The van der Waals surface area contributed by atoms with Gasteiger partial charge in [-0.05, 0) is 6.92 Å². The molecule has 0 saturated carbocycles. The van der Waals surface area contributed by atoms with Crippen molar-refractivity contribution in [2.75, 3.05) is 5.73 Å². The monoisotopic (exact) mass is 192 g/mol. The zero-order valence-electron chi connectivity index (χ0n) is 8.19. The van der Waals surface area contributed by atoms with Crippen molar-refractivity contribution in [2.45, 2.75) is 26.4 Å². The Hall–Kier alpha value is -1.65. The first-order chi connectivity index (χ1) is 6.61. The number of aromatic nitrogens is 2. The largest absolute Gasteiger partial charge is 0.383 e. The van der Waals surface area contributed by atoms with Crippen LogP contribution in [0.3, 0.4) is 0 Å². The van der Waals surface area contributed by atoms with Gasteiger partial charge in [-0.25, -0.2) is 9.97 Å². The summed E-state index contributed by atoms with van der Waals surface area (Å²) < 4.78 is 0. The fraction of sp³-hybridized carbons (Fsp3) is 0.444. The molecule has 0 aromatic carbocycles. The van der Waals surface area contributed by atoms with Gasteiger partial charge in [0.1, 0.15) is 12.1 Å². The van der Waals surface area contributed by atoms with E-state index in [2.05, 4.69) is 9.97 Å². The number of hydrogen-bond acceptors (Lipinski definition) is 4. The maximum Gasteiger partial charge on any atom is 0.220 e. The smallest absolute Gasteiger partial charge is 0.220 e. The molecule has 5 nitrogen and oxygen atoms in total. The lowest BCUT2D eigenvalue weighted by Crippen LogP contribution is -2.25. The van der Waals surface area contributed by atoms with Crippen molar-refractivity contribution in [1.82, 2.24) is 14.9 Å². The first-order valence-corrected chi connectivity index (χ1v) is 4.47. The lowest BCUT2D eigenvalue weighted by molar-refractivity contribution is -0.130. The van der Waals surface area contributed by atoms with Crippen LogP contribution in [0.25, 0.3) is 0 Å². The first kappa shape index (κ1) is 8.93. The second-order valence-electron chi connectivity index (χ2n) is 3.45. The van der Waals surface area contributed by atoms with E-state index in [4.69, 9.17) is 5.73 Å². The molecule has 0 saturated heterocycles. The Bertz CT molecular complexity index is 390. The fourth-order valence-corrected chi connectivity index (χ4v) is 1.80. The molecule has 0 fully saturated rings. The zero-order valence-corrected chi connectivity index (χ0v) is 8.19. The van der Waals surface area contributed by atoms with Gasteiger partial charge in [-0.2, -0.15) is 0 Å². The molecule has 2 rings (SSSR count). The molecule has 2 heterocycles. The normalized spacial score (nSPS) is 19.6. The molecule has 1 aliphatic rings. The summed E-state index contributed by atoms with van der Waals surface area (Å²) in [7, 11) is 0. The summed E-state index contributed by atoms with van der Waals surface area (Å²) in [6.45, 7) is 4.02. The molecule has 1 amide bonds. The standard InChI is InChI=1S/C9H12N4O/c1-5-8-7(3-13(5)6(2)14)9(10)12-4-11-8/h4-5H,3H2,1-2H3,(H2,10,11,12)/t5-/m1/s1. The molecule has 5 heteroatoms. The van der Waals surface area contributed by atoms with Crippen LogP contribution in [0.5, 0.6) is 0 Å². The van der Waals surface area contributed by atoms with Crippen LogP contribution >= 0.6 is 0 Å². The highest BCUT2D eigenvalue weighted by Gasteiger charge is 2.31. The van der Waals surface area contributed by atoms with E-state index in [1.54, 1.807) is 11.8 Å². The van der Waals surface area contributed by atoms with Gasteiger partial charge in [0.05, 0.1) is 18.3 Å². The van der Waals surface area contributed by atoms with E-state index in [1.807, 2.05) is 6.92 Å². The maximum atomic E-state index is 11.3. The Morgan fingerprint density at radius 3 is 2.93 bits per heavy atom. The number of nitrogens with zero attached hydrogens (tertiary/aromatic N) is 3. The Labute approximate surface area is 82.0 Å². The van der Waals surface area contributed by atoms with Gasteiger partial charge in [-0.15, -0.1) is 0 Å². The summed E-state index contributed by atoms with van der Waals surface area (Å²) in [6.07, 6.45) is 1.44. The third-order valence-corrected chi connectivity index (χ3v) is 2.61. The number of anilines is 1. The predicted octanol–water partition coefficient (Wildman–Crippen LogP) is 0.482. The number of nitrogens with two attached hydrogens (primary N) is 1. The minimum atomic E-state index is 0.00722. The van der Waals surface area contributed by atoms with Crippen LogP contribution in [-0.4, -0.2) is 20.8 Å². The van der Waals surface area contributed by atoms with Crippen molar-refractivity contribution < 1.29 is 4.79 Å². The van der Waals surface area contributed by atoms with Gasteiger partial charge in [-0.1, -0.05) is 0 Å². The van der Waals surface area contributed by atoms with E-state index in [0.29, 0.717) is 12.4 Å². The van der Waals surface area contributed by atoms with E-state index < -0.39 is 0 Å². The van der Waals surface area contributed by atoms with Crippen molar-refractivity contribution in [3.63, 3.8) is 0 Å². The van der Waals surface area contributed by atoms with E-state index >= 15 is 0 Å². The van der Waals surface area contributed by atoms with E-state index in [0.717, 1.165) is 11.3 Å². The summed E-state index contributed by atoms with van der Waals surface area (Å²) >= 11 is 0. The van der Waals surface area contributed by atoms with Gasteiger partial charge in [0.15, 0.2) is 0 Å². The van der Waals surface area contributed by atoms with Gasteiger partial charge < -0.3 is 10.6 Å². The molecule has 1 aromatic heterocycles. The molecule has 14 heavy (non-hydrogen) atoms. The molecular weight excluding hydrogens is 180 g/mol. The molecule has 0 aliphatic carbocycles. The van der Waals surface area contributed by atoms with Gasteiger partial charge in [-0.3, -0.25) is 4.79 Å². The summed E-state index contributed by atoms with van der Waals surface area (Å²) in [5, 5.41) is 0. The third-order valence-electron chi connectivity index (χ3n) is 2.61. The summed E-state index contributed by atoms with van der Waals surface area (Å²) in [5.74, 6) is 0.514.